The summed E-state index contributed by atoms with van der Waals surface area (Å²) in [4.78, 5) is 27.6. The summed E-state index contributed by atoms with van der Waals surface area (Å²) in [7, 11) is 1.54. The molecule has 0 amide bonds. The van der Waals surface area contributed by atoms with Crippen molar-refractivity contribution >= 4 is 33.5 Å². The molecule has 2 aromatic heterocycles. The molecular formula is C19H20N4O3. The van der Waals surface area contributed by atoms with E-state index < -0.39 is 5.91 Å². The van der Waals surface area contributed by atoms with Crippen molar-refractivity contribution in [2.45, 2.75) is 25.7 Å². The van der Waals surface area contributed by atoms with Crippen molar-refractivity contribution in [3.8, 4) is 0 Å². The van der Waals surface area contributed by atoms with Crippen LogP contribution in [0.25, 0.3) is 21.8 Å². The molecule has 3 aromatic rings. The van der Waals surface area contributed by atoms with E-state index in [-0.39, 0.29) is 12.2 Å². The number of carbonyl (C=O) groups excluding carboxylic acids is 1. The van der Waals surface area contributed by atoms with E-state index in [1.54, 1.807) is 19.5 Å². The molecule has 0 saturated carbocycles. The number of aromatic nitrogens is 3. The largest absolute Gasteiger partial charge is 0.336 e. The van der Waals surface area contributed by atoms with Crippen LogP contribution < -0.4 is 4.90 Å². The smallest absolute Gasteiger partial charge is 0.261 e. The summed E-state index contributed by atoms with van der Waals surface area (Å²) in [6.45, 7) is 2.73. The number of carbonyl (C=O) groups is 1. The highest BCUT2D eigenvalue weighted by molar-refractivity contribution is 6.02. The van der Waals surface area contributed by atoms with Crippen molar-refractivity contribution in [3.63, 3.8) is 0 Å². The van der Waals surface area contributed by atoms with Crippen molar-refractivity contribution in [2.75, 3.05) is 25.2 Å². The Morgan fingerprint density at radius 3 is 2.85 bits per heavy atom. The number of hydrogen-bond acceptors (Lipinski definition) is 7. The molecule has 4 rings (SSSR count). The zero-order valence-electron chi connectivity index (χ0n) is 14.8. The SMILES string of the molecule is CCOC1(OC)CC(=O)CCN1c1ncc2cnc3ccccc3c2n1. The third-order valence-electron chi connectivity index (χ3n) is 4.68. The van der Waals surface area contributed by atoms with Gasteiger partial charge in [0.1, 0.15) is 5.78 Å². The molecule has 1 aromatic carbocycles. The van der Waals surface area contributed by atoms with Crippen molar-refractivity contribution in [1.82, 2.24) is 15.0 Å². The second-order valence-corrected chi connectivity index (χ2v) is 6.22. The van der Waals surface area contributed by atoms with E-state index in [0.29, 0.717) is 25.5 Å². The summed E-state index contributed by atoms with van der Waals surface area (Å²) in [5.74, 6) is -0.579. The number of hydrogen-bond donors (Lipinski definition) is 0. The first-order valence-electron chi connectivity index (χ1n) is 8.66. The highest BCUT2D eigenvalue weighted by atomic mass is 16.7. The van der Waals surface area contributed by atoms with Gasteiger partial charge in [-0.3, -0.25) is 14.7 Å². The van der Waals surface area contributed by atoms with E-state index in [1.165, 1.54) is 0 Å². The van der Waals surface area contributed by atoms with Crippen LogP contribution in [0.3, 0.4) is 0 Å². The van der Waals surface area contributed by atoms with Gasteiger partial charge in [-0.1, -0.05) is 18.2 Å². The summed E-state index contributed by atoms with van der Waals surface area (Å²) >= 11 is 0. The number of para-hydroxylation sites is 1. The predicted octanol–water partition coefficient (Wildman–Crippen LogP) is 2.68. The number of ketones is 1. The lowest BCUT2D eigenvalue weighted by atomic mass is 10.1. The van der Waals surface area contributed by atoms with Gasteiger partial charge in [0.05, 0.1) is 17.5 Å². The van der Waals surface area contributed by atoms with Crippen LogP contribution in [0.15, 0.2) is 36.7 Å². The maximum Gasteiger partial charge on any atom is 0.261 e. The fourth-order valence-corrected chi connectivity index (χ4v) is 3.44. The molecular weight excluding hydrogens is 332 g/mol. The molecule has 0 spiro atoms. The van der Waals surface area contributed by atoms with Gasteiger partial charge in [-0.05, 0) is 13.0 Å². The van der Waals surface area contributed by atoms with Crippen molar-refractivity contribution < 1.29 is 14.3 Å². The molecule has 1 atom stereocenters. The third-order valence-corrected chi connectivity index (χ3v) is 4.68. The van der Waals surface area contributed by atoms with Gasteiger partial charge in [0.25, 0.3) is 5.91 Å². The normalized spacial score (nSPS) is 20.8. The lowest BCUT2D eigenvalue weighted by molar-refractivity contribution is -0.227. The van der Waals surface area contributed by atoms with Crippen LogP contribution in [0.2, 0.25) is 0 Å². The Morgan fingerprint density at radius 2 is 2.04 bits per heavy atom. The Labute approximate surface area is 151 Å². The first-order chi connectivity index (χ1) is 12.7. The van der Waals surface area contributed by atoms with E-state index in [0.717, 1.165) is 21.8 Å². The Bertz CT molecular complexity index is 977. The van der Waals surface area contributed by atoms with Crippen molar-refractivity contribution in [3.05, 3.63) is 36.7 Å². The van der Waals surface area contributed by atoms with E-state index >= 15 is 0 Å². The zero-order chi connectivity index (χ0) is 18.1. The van der Waals surface area contributed by atoms with Gasteiger partial charge < -0.3 is 9.47 Å². The summed E-state index contributed by atoms with van der Waals surface area (Å²) in [5.41, 5.74) is 1.69. The van der Waals surface area contributed by atoms with Crippen molar-refractivity contribution in [1.29, 1.82) is 0 Å². The van der Waals surface area contributed by atoms with Crippen LogP contribution in [-0.2, 0) is 14.3 Å². The zero-order valence-corrected chi connectivity index (χ0v) is 14.8. The van der Waals surface area contributed by atoms with Crippen molar-refractivity contribution in [2.24, 2.45) is 0 Å². The summed E-state index contributed by atoms with van der Waals surface area (Å²) in [5, 5.41) is 1.82. The highest BCUT2D eigenvalue weighted by Crippen LogP contribution is 2.33. The Kier molecular flexibility index (Phi) is 4.26. The number of methoxy groups -OCH3 is 1. The van der Waals surface area contributed by atoms with E-state index in [2.05, 4.69) is 9.97 Å². The number of fused-ring (bicyclic) bond motifs is 3. The third kappa shape index (κ3) is 2.69. The predicted molar refractivity (Wildman–Crippen MR) is 97.8 cm³/mol. The minimum Gasteiger partial charge on any atom is -0.336 e. The molecule has 1 fully saturated rings. The lowest BCUT2D eigenvalue weighted by Crippen LogP contribution is -2.58. The molecule has 7 nitrogen and oxygen atoms in total. The monoisotopic (exact) mass is 352 g/mol. The molecule has 1 aliphatic heterocycles. The minimum atomic E-state index is -1.17. The molecule has 26 heavy (non-hydrogen) atoms. The fourth-order valence-electron chi connectivity index (χ4n) is 3.44. The van der Waals surface area contributed by atoms with Gasteiger partial charge in [0.2, 0.25) is 5.95 Å². The standard InChI is InChI=1S/C19H20N4O3/c1-3-26-19(25-2)10-14(24)8-9-23(19)18-21-12-13-11-20-16-7-5-4-6-15(16)17(13)22-18/h4-7,11-12H,3,8-10H2,1-2H3. The first-order valence-corrected chi connectivity index (χ1v) is 8.66. The molecule has 3 heterocycles. The summed E-state index contributed by atoms with van der Waals surface area (Å²) in [6, 6.07) is 7.86. The van der Waals surface area contributed by atoms with Crippen LogP contribution in [0, 0.1) is 0 Å². The summed E-state index contributed by atoms with van der Waals surface area (Å²) < 4.78 is 11.5. The minimum absolute atomic E-state index is 0.104. The lowest BCUT2D eigenvalue weighted by Gasteiger charge is -2.44. The molecule has 1 aliphatic rings. The van der Waals surface area contributed by atoms with E-state index in [9.17, 15) is 4.79 Å². The molecule has 0 aliphatic carbocycles. The number of ether oxygens (including phenoxy) is 2. The first kappa shape index (κ1) is 16.8. The van der Waals surface area contributed by atoms with Crippen LogP contribution in [0.4, 0.5) is 5.95 Å². The van der Waals surface area contributed by atoms with Crippen LogP contribution in [0.5, 0.6) is 0 Å². The topological polar surface area (TPSA) is 77.4 Å². The van der Waals surface area contributed by atoms with Gasteiger partial charge in [-0.25, -0.2) is 9.97 Å². The van der Waals surface area contributed by atoms with Gasteiger partial charge in [0.15, 0.2) is 0 Å². The summed E-state index contributed by atoms with van der Waals surface area (Å²) in [6.07, 6.45) is 4.08. The number of nitrogens with zero attached hydrogens (tertiary/aromatic N) is 4. The average Bonchev–Trinajstić information content (AvgIpc) is 2.68. The van der Waals surface area contributed by atoms with E-state index in [1.807, 2.05) is 36.1 Å². The Morgan fingerprint density at radius 1 is 1.23 bits per heavy atom. The number of benzene rings is 1. The van der Waals surface area contributed by atoms with Crippen LogP contribution in [0.1, 0.15) is 19.8 Å². The second-order valence-electron chi connectivity index (χ2n) is 6.22. The molecule has 1 saturated heterocycles. The molecule has 0 radical (unpaired) electrons. The highest BCUT2D eigenvalue weighted by Gasteiger charge is 2.45. The Balaban J connectivity index is 1.86. The number of Topliss-reactive ketones (excluding diaryl/α,β-unsaturated/α-hetero) is 1. The average molecular weight is 352 g/mol. The fraction of sp³-hybridized carbons (Fsp3) is 0.368. The van der Waals surface area contributed by atoms with E-state index in [4.69, 9.17) is 14.5 Å². The molecule has 0 N–H and O–H groups in total. The second kappa shape index (κ2) is 6.59. The number of piperidine rings is 1. The number of pyridine rings is 1. The number of anilines is 1. The van der Waals surface area contributed by atoms with Crippen LogP contribution in [-0.4, -0.2) is 46.9 Å². The molecule has 7 heteroatoms. The molecule has 134 valence electrons. The van der Waals surface area contributed by atoms with Gasteiger partial charge in [-0.2, -0.15) is 0 Å². The number of rotatable bonds is 4. The quantitative estimate of drug-likeness (QED) is 0.528. The van der Waals surface area contributed by atoms with Gasteiger partial charge >= 0.3 is 0 Å². The van der Waals surface area contributed by atoms with Crippen LogP contribution >= 0.6 is 0 Å². The maximum absolute atomic E-state index is 12.0. The van der Waals surface area contributed by atoms with Gasteiger partial charge in [0, 0.05) is 49.8 Å². The van der Waals surface area contributed by atoms with Gasteiger partial charge in [-0.15, -0.1) is 0 Å². The maximum atomic E-state index is 12.0. The molecule has 0 bridgehead atoms. The molecule has 1 unspecified atom stereocenters. The Hall–Kier alpha value is -2.64.